The highest BCUT2D eigenvalue weighted by Crippen LogP contribution is 2.34. The molecule has 0 N–H and O–H groups in total. The van der Waals surface area contributed by atoms with Crippen molar-refractivity contribution in [2.45, 2.75) is 20.3 Å². The van der Waals surface area contributed by atoms with Crippen molar-refractivity contribution in [3.05, 3.63) is 101 Å². The zero-order chi connectivity index (χ0) is 26.1. The van der Waals surface area contributed by atoms with Gasteiger partial charge in [0, 0.05) is 56.1 Å². The number of rotatable bonds is 5. The summed E-state index contributed by atoms with van der Waals surface area (Å²) in [6.07, 6.45) is 4.07. The van der Waals surface area contributed by atoms with Crippen molar-refractivity contribution in [1.29, 1.82) is 0 Å². The zero-order valence-electron chi connectivity index (χ0n) is 21.5. The molecule has 0 unspecified atom stereocenters. The number of hydrogen-bond acceptors (Lipinski definition) is 7. The van der Waals surface area contributed by atoms with Gasteiger partial charge >= 0.3 is 0 Å². The fourth-order valence-corrected chi connectivity index (χ4v) is 4.88. The number of nitrogens with zero attached hydrogens (tertiary/aromatic N) is 6. The molecule has 1 fully saturated rings. The number of carbonyl (C=O) groups is 1. The second-order valence-corrected chi connectivity index (χ2v) is 9.67. The van der Waals surface area contributed by atoms with Crippen molar-refractivity contribution in [3.63, 3.8) is 0 Å². The van der Waals surface area contributed by atoms with Crippen LogP contribution in [0, 0.1) is 13.8 Å². The lowest BCUT2D eigenvalue weighted by molar-refractivity contribution is 0.0746. The molecule has 8 nitrogen and oxygen atoms in total. The monoisotopic (exact) mass is 504 g/mol. The van der Waals surface area contributed by atoms with E-state index in [1.807, 2.05) is 48.2 Å². The number of benzene rings is 2. The van der Waals surface area contributed by atoms with Crippen LogP contribution in [0.3, 0.4) is 0 Å². The number of carbonyl (C=O) groups excluding carboxylic acids is 1. The maximum absolute atomic E-state index is 13.2. The van der Waals surface area contributed by atoms with E-state index in [1.165, 1.54) is 5.56 Å². The molecule has 1 amide bonds. The lowest BCUT2D eigenvalue weighted by atomic mass is 10.1. The van der Waals surface area contributed by atoms with Crippen molar-refractivity contribution in [1.82, 2.24) is 25.0 Å². The fraction of sp³-hybridized carbons (Fsp3) is 0.233. The van der Waals surface area contributed by atoms with Gasteiger partial charge in [-0.05, 0) is 43.2 Å². The van der Waals surface area contributed by atoms with Crippen LogP contribution < -0.4 is 4.90 Å². The summed E-state index contributed by atoms with van der Waals surface area (Å²) in [5, 5.41) is 5.13. The predicted octanol–water partition coefficient (Wildman–Crippen LogP) is 4.85. The summed E-state index contributed by atoms with van der Waals surface area (Å²) in [7, 11) is 0. The van der Waals surface area contributed by atoms with E-state index < -0.39 is 0 Å². The van der Waals surface area contributed by atoms with Crippen molar-refractivity contribution < 1.29 is 9.32 Å². The molecule has 0 saturated carbocycles. The molecule has 38 heavy (non-hydrogen) atoms. The molecule has 8 heteroatoms. The van der Waals surface area contributed by atoms with Crippen LogP contribution in [-0.4, -0.2) is 57.1 Å². The SMILES string of the molecule is Cc1ccc(Cc2nc(N3CCN(C(=O)c4ccccc4C)CC3)c3c(-c4cccnc4)noc3n2)cc1. The Bertz CT molecular complexity index is 1590. The molecule has 4 heterocycles. The molecule has 0 spiro atoms. The van der Waals surface area contributed by atoms with Crippen LogP contribution in [0.25, 0.3) is 22.4 Å². The Kier molecular flexibility index (Phi) is 6.29. The minimum atomic E-state index is 0.0664. The molecule has 3 aromatic heterocycles. The van der Waals surface area contributed by atoms with Gasteiger partial charge in [0.1, 0.15) is 22.7 Å². The summed E-state index contributed by atoms with van der Waals surface area (Å²) in [6, 6.07) is 19.9. The van der Waals surface area contributed by atoms with E-state index in [4.69, 9.17) is 14.5 Å². The fourth-order valence-electron chi connectivity index (χ4n) is 4.88. The minimum Gasteiger partial charge on any atom is -0.352 e. The van der Waals surface area contributed by atoms with E-state index in [0.29, 0.717) is 49.8 Å². The standard InChI is InChI=1S/C30H28N6O2/c1-20-9-11-22(12-10-20)18-25-32-28(26-27(34-38-29(26)33-25)23-7-5-13-31-19-23)35-14-16-36(17-15-35)30(37)24-8-4-3-6-21(24)2/h3-13,19H,14-18H2,1-2H3. The minimum absolute atomic E-state index is 0.0664. The van der Waals surface area contributed by atoms with Gasteiger partial charge < -0.3 is 14.3 Å². The van der Waals surface area contributed by atoms with E-state index in [2.05, 4.69) is 46.2 Å². The number of pyridine rings is 1. The van der Waals surface area contributed by atoms with Gasteiger partial charge in [-0.1, -0.05) is 53.2 Å². The van der Waals surface area contributed by atoms with Gasteiger partial charge in [-0.15, -0.1) is 0 Å². The Labute approximate surface area is 221 Å². The normalized spacial score (nSPS) is 13.7. The second-order valence-electron chi connectivity index (χ2n) is 9.67. The smallest absolute Gasteiger partial charge is 0.263 e. The number of fused-ring (bicyclic) bond motifs is 1. The van der Waals surface area contributed by atoms with Crippen LogP contribution in [-0.2, 0) is 6.42 Å². The van der Waals surface area contributed by atoms with Crippen LogP contribution in [0.15, 0.2) is 77.6 Å². The average Bonchev–Trinajstić information content (AvgIpc) is 3.38. The predicted molar refractivity (Wildman–Crippen MR) is 146 cm³/mol. The molecular weight excluding hydrogens is 476 g/mol. The number of piperazine rings is 1. The molecule has 0 aliphatic carbocycles. The van der Waals surface area contributed by atoms with Crippen molar-refractivity contribution >= 4 is 22.8 Å². The van der Waals surface area contributed by atoms with Crippen LogP contribution >= 0.6 is 0 Å². The summed E-state index contributed by atoms with van der Waals surface area (Å²) in [5.41, 5.74) is 6.04. The van der Waals surface area contributed by atoms with Crippen molar-refractivity contribution in [2.24, 2.45) is 0 Å². The topological polar surface area (TPSA) is 88.3 Å². The Hall–Kier alpha value is -4.59. The number of aromatic nitrogens is 4. The number of amides is 1. The van der Waals surface area contributed by atoms with E-state index in [-0.39, 0.29) is 5.91 Å². The summed E-state index contributed by atoms with van der Waals surface area (Å²) in [6.45, 7) is 6.53. The van der Waals surface area contributed by atoms with E-state index in [9.17, 15) is 4.79 Å². The molecule has 0 atom stereocenters. The first kappa shape index (κ1) is 23.8. The van der Waals surface area contributed by atoms with Crippen LogP contribution in [0.4, 0.5) is 5.82 Å². The highest BCUT2D eigenvalue weighted by molar-refractivity contribution is 5.98. The first-order valence-electron chi connectivity index (χ1n) is 12.8. The van der Waals surface area contributed by atoms with Gasteiger partial charge in [-0.25, -0.2) is 4.98 Å². The van der Waals surface area contributed by atoms with Crippen molar-refractivity contribution in [3.8, 4) is 11.3 Å². The van der Waals surface area contributed by atoms with E-state index in [1.54, 1.807) is 12.4 Å². The summed E-state index contributed by atoms with van der Waals surface area (Å²) in [5.74, 6) is 1.51. The maximum atomic E-state index is 13.2. The molecule has 1 saturated heterocycles. The maximum Gasteiger partial charge on any atom is 0.263 e. The highest BCUT2D eigenvalue weighted by atomic mass is 16.5. The average molecular weight is 505 g/mol. The zero-order valence-corrected chi connectivity index (χ0v) is 21.5. The molecule has 190 valence electrons. The Morgan fingerprint density at radius 2 is 1.71 bits per heavy atom. The third-order valence-corrected chi connectivity index (χ3v) is 7.02. The van der Waals surface area contributed by atoms with Crippen molar-refractivity contribution in [2.75, 3.05) is 31.1 Å². The van der Waals surface area contributed by atoms with Gasteiger partial charge in [0.2, 0.25) is 0 Å². The van der Waals surface area contributed by atoms with Crippen LogP contribution in [0.2, 0.25) is 0 Å². The van der Waals surface area contributed by atoms with E-state index in [0.717, 1.165) is 33.5 Å². The molecular formula is C30H28N6O2. The summed E-state index contributed by atoms with van der Waals surface area (Å²) >= 11 is 0. The molecule has 0 radical (unpaired) electrons. The third kappa shape index (κ3) is 4.61. The van der Waals surface area contributed by atoms with Gasteiger partial charge in [-0.2, -0.15) is 4.98 Å². The van der Waals surface area contributed by atoms with Crippen LogP contribution in [0.5, 0.6) is 0 Å². The first-order chi connectivity index (χ1) is 18.6. The highest BCUT2D eigenvalue weighted by Gasteiger charge is 2.28. The molecule has 6 rings (SSSR count). The molecule has 1 aliphatic rings. The van der Waals surface area contributed by atoms with Crippen LogP contribution in [0.1, 0.15) is 32.9 Å². The number of aryl methyl sites for hydroxylation is 2. The van der Waals surface area contributed by atoms with Gasteiger partial charge in [0.25, 0.3) is 11.6 Å². The second kappa shape index (κ2) is 10.0. The summed E-state index contributed by atoms with van der Waals surface area (Å²) in [4.78, 5) is 31.4. The quantitative estimate of drug-likeness (QED) is 0.338. The Morgan fingerprint density at radius 1 is 0.921 bits per heavy atom. The number of hydrogen-bond donors (Lipinski definition) is 0. The Morgan fingerprint density at radius 3 is 2.45 bits per heavy atom. The molecule has 2 aromatic carbocycles. The van der Waals surface area contributed by atoms with Gasteiger partial charge in [-0.3, -0.25) is 9.78 Å². The lowest BCUT2D eigenvalue weighted by Crippen LogP contribution is -2.49. The van der Waals surface area contributed by atoms with E-state index >= 15 is 0 Å². The summed E-state index contributed by atoms with van der Waals surface area (Å²) < 4.78 is 5.74. The molecule has 1 aliphatic heterocycles. The van der Waals surface area contributed by atoms with Gasteiger partial charge in [0.15, 0.2) is 0 Å². The Balaban J connectivity index is 1.34. The molecule has 0 bridgehead atoms. The lowest BCUT2D eigenvalue weighted by Gasteiger charge is -2.36. The first-order valence-corrected chi connectivity index (χ1v) is 12.8. The molecule has 5 aromatic rings. The number of anilines is 1. The van der Waals surface area contributed by atoms with Gasteiger partial charge in [0.05, 0.1) is 0 Å². The largest absolute Gasteiger partial charge is 0.352 e. The third-order valence-electron chi connectivity index (χ3n) is 7.02.